The molecule has 0 atom stereocenters. The number of fused-ring (bicyclic) bond motifs is 2. The highest BCUT2D eigenvalue weighted by atomic mass is 15.1. The van der Waals surface area contributed by atoms with E-state index in [2.05, 4.69) is 174 Å². The van der Waals surface area contributed by atoms with Gasteiger partial charge in [0, 0.05) is 12.2 Å². The molecule has 0 spiro atoms. The molecule has 0 bridgehead atoms. The van der Waals surface area contributed by atoms with Crippen molar-refractivity contribution in [3.8, 4) is 33.4 Å². The maximum Gasteiger partial charge on any atom is 0.0859 e. The zero-order chi connectivity index (χ0) is 32.3. The molecule has 0 radical (unpaired) electrons. The van der Waals surface area contributed by atoms with E-state index in [9.17, 15) is 0 Å². The monoisotopic (exact) mass is 616 g/mol. The minimum Gasteiger partial charge on any atom is -0.335 e. The Morgan fingerprint density at radius 2 is 1.04 bits per heavy atom. The molecule has 2 heteroatoms. The number of benzene rings is 7. The number of hydrogen-bond acceptors (Lipinski definition) is 2. The normalized spacial score (nSPS) is 12.1. The van der Waals surface area contributed by atoms with Crippen LogP contribution in [0.2, 0.25) is 0 Å². The van der Waals surface area contributed by atoms with Crippen molar-refractivity contribution in [1.29, 1.82) is 0 Å². The lowest BCUT2D eigenvalue weighted by Gasteiger charge is -2.26. The summed E-state index contributed by atoms with van der Waals surface area (Å²) in [5.41, 5.74) is 11.8. The predicted molar refractivity (Wildman–Crippen MR) is 206 cm³/mol. The van der Waals surface area contributed by atoms with Crippen molar-refractivity contribution in [1.82, 2.24) is 0 Å². The van der Waals surface area contributed by atoms with Crippen LogP contribution in [0.1, 0.15) is 18.4 Å². The number of aliphatic imine (C=N–C) groups is 1. The Bertz CT molecular complexity index is 2360. The van der Waals surface area contributed by atoms with Crippen molar-refractivity contribution in [3.05, 3.63) is 174 Å². The molecule has 0 amide bonds. The molecule has 8 rings (SSSR count). The van der Waals surface area contributed by atoms with Gasteiger partial charge in [0.15, 0.2) is 0 Å². The molecule has 0 aromatic heterocycles. The van der Waals surface area contributed by atoms with Gasteiger partial charge in [0.05, 0.1) is 11.4 Å². The molecule has 0 fully saturated rings. The highest BCUT2D eigenvalue weighted by molar-refractivity contribution is 6.07. The van der Waals surface area contributed by atoms with Crippen molar-refractivity contribution in [2.75, 3.05) is 4.90 Å². The summed E-state index contributed by atoms with van der Waals surface area (Å²) < 4.78 is 0. The topological polar surface area (TPSA) is 15.6 Å². The Balaban J connectivity index is 1.24. The first kappa shape index (κ1) is 29.4. The van der Waals surface area contributed by atoms with Gasteiger partial charge in [-0.3, -0.25) is 4.99 Å². The predicted octanol–water partition coefficient (Wildman–Crippen LogP) is 10.9. The molecule has 7 aromatic rings. The van der Waals surface area contributed by atoms with Gasteiger partial charge in [0.1, 0.15) is 0 Å². The number of hydrogen-bond donors (Lipinski definition) is 0. The van der Waals surface area contributed by atoms with Gasteiger partial charge < -0.3 is 4.90 Å². The second-order valence-corrected chi connectivity index (χ2v) is 12.3. The van der Waals surface area contributed by atoms with Crippen LogP contribution >= 0.6 is 0 Å². The Hall–Kier alpha value is -5.99. The Labute approximate surface area is 282 Å². The summed E-state index contributed by atoms with van der Waals surface area (Å²) in [4.78, 5) is 6.63. The first-order valence-electron chi connectivity index (χ1n) is 16.7. The number of anilines is 2. The second kappa shape index (κ2) is 13.0. The van der Waals surface area contributed by atoms with Crippen LogP contribution in [0.3, 0.4) is 0 Å². The lowest BCUT2D eigenvalue weighted by atomic mass is 9.85. The summed E-state index contributed by atoms with van der Waals surface area (Å²) in [5, 5.41) is 5.28. The summed E-state index contributed by atoms with van der Waals surface area (Å²) in [6.45, 7) is 4.55. The van der Waals surface area contributed by atoms with Crippen molar-refractivity contribution in [3.63, 3.8) is 0 Å². The molecular weight excluding hydrogens is 581 g/mol. The van der Waals surface area contributed by atoms with Crippen LogP contribution in [0.25, 0.3) is 56.3 Å². The summed E-state index contributed by atoms with van der Waals surface area (Å²) in [6, 6.07) is 56.5. The summed E-state index contributed by atoms with van der Waals surface area (Å²) in [5.74, 6) is 0. The largest absolute Gasteiger partial charge is 0.335 e. The third-order valence-electron chi connectivity index (χ3n) is 9.41. The standard InChI is InChI=1S/C46H36N2/c1-47-43-23-13-14-24-44(43)48(38-19-9-4-10-20-38)32-33-25-27-34(28-26-33)37-29-30-41-42(31-37)46(36-17-7-3-8-18-36)40-22-12-11-21-39(40)45(41)35-15-5-2-6-16-35/h2-10,13-31H,1,11-12,32H2. The van der Waals surface area contributed by atoms with E-state index in [-0.39, 0.29) is 0 Å². The quantitative estimate of drug-likeness (QED) is 0.155. The van der Waals surface area contributed by atoms with Gasteiger partial charge in [-0.15, -0.1) is 0 Å². The van der Waals surface area contributed by atoms with E-state index in [0.717, 1.165) is 29.9 Å². The van der Waals surface area contributed by atoms with Crippen LogP contribution in [0.5, 0.6) is 0 Å². The van der Waals surface area contributed by atoms with Crippen LogP contribution in [0.15, 0.2) is 163 Å². The van der Waals surface area contributed by atoms with Crippen LogP contribution in [0, 0.1) is 0 Å². The highest BCUT2D eigenvalue weighted by Crippen LogP contribution is 2.37. The molecule has 0 saturated carbocycles. The van der Waals surface area contributed by atoms with E-state index in [1.54, 1.807) is 0 Å². The van der Waals surface area contributed by atoms with Gasteiger partial charge in [-0.05, 0) is 110 Å². The fraction of sp³-hybridized carbons (Fsp3) is 0.0652. The fourth-order valence-electron chi connectivity index (χ4n) is 7.15. The van der Waals surface area contributed by atoms with Gasteiger partial charge in [-0.1, -0.05) is 140 Å². The smallest absolute Gasteiger partial charge is 0.0859 e. The lowest BCUT2D eigenvalue weighted by Crippen LogP contribution is -2.31. The first-order chi connectivity index (χ1) is 23.8. The Morgan fingerprint density at radius 1 is 0.500 bits per heavy atom. The molecule has 1 aliphatic rings. The molecular formula is C46H36N2. The van der Waals surface area contributed by atoms with Crippen LogP contribution in [-0.4, -0.2) is 6.72 Å². The molecule has 48 heavy (non-hydrogen) atoms. The lowest BCUT2D eigenvalue weighted by molar-refractivity contribution is 0.975. The number of nitrogens with zero attached hydrogens (tertiary/aromatic N) is 2. The molecule has 0 N–H and O–H groups in total. The van der Waals surface area contributed by atoms with Gasteiger partial charge in [0.25, 0.3) is 0 Å². The van der Waals surface area contributed by atoms with Crippen LogP contribution in [-0.2, 0) is 6.54 Å². The summed E-state index contributed by atoms with van der Waals surface area (Å²) >= 11 is 0. The van der Waals surface area contributed by atoms with Crippen LogP contribution in [0.4, 0.5) is 17.1 Å². The third-order valence-corrected chi connectivity index (χ3v) is 9.41. The van der Waals surface area contributed by atoms with Crippen molar-refractivity contribution in [2.45, 2.75) is 19.4 Å². The second-order valence-electron chi connectivity index (χ2n) is 12.3. The molecule has 7 aromatic carbocycles. The number of rotatable bonds is 8. The minimum atomic E-state index is 0.714. The Morgan fingerprint density at radius 3 is 1.67 bits per heavy atom. The SMILES string of the molecule is C=Nc1ccccc1N(Cc1ccc(-c2ccc3c(-c4ccccc4)c4c(c(-c5ccccc5)c3c2)=CCCC=4)cc1)c1ccccc1. The summed E-state index contributed by atoms with van der Waals surface area (Å²) in [7, 11) is 0. The zero-order valence-corrected chi connectivity index (χ0v) is 26.9. The van der Waals surface area contributed by atoms with Gasteiger partial charge in [0.2, 0.25) is 0 Å². The van der Waals surface area contributed by atoms with E-state index in [1.165, 1.54) is 60.2 Å². The van der Waals surface area contributed by atoms with Crippen molar-refractivity contribution < 1.29 is 0 Å². The maximum absolute atomic E-state index is 4.32. The van der Waals surface area contributed by atoms with Crippen LogP contribution < -0.4 is 15.3 Å². The van der Waals surface area contributed by atoms with Gasteiger partial charge in [-0.25, -0.2) is 0 Å². The average Bonchev–Trinajstić information content (AvgIpc) is 3.17. The first-order valence-corrected chi connectivity index (χ1v) is 16.7. The van der Waals surface area contributed by atoms with Crippen molar-refractivity contribution in [2.24, 2.45) is 4.99 Å². The average molecular weight is 617 g/mol. The third kappa shape index (κ3) is 5.52. The molecule has 0 saturated heterocycles. The van der Waals surface area contributed by atoms with E-state index in [4.69, 9.17) is 0 Å². The maximum atomic E-state index is 4.32. The summed E-state index contributed by atoms with van der Waals surface area (Å²) in [6.07, 6.45) is 7.01. The van der Waals surface area contributed by atoms with E-state index in [1.807, 2.05) is 12.1 Å². The molecule has 2 nitrogen and oxygen atoms in total. The Kier molecular flexibility index (Phi) is 7.98. The van der Waals surface area contributed by atoms with E-state index >= 15 is 0 Å². The highest BCUT2D eigenvalue weighted by Gasteiger charge is 2.17. The molecule has 0 heterocycles. The molecule has 1 aliphatic carbocycles. The van der Waals surface area contributed by atoms with E-state index < -0.39 is 0 Å². The fourth-order valence-corrected chi connectivity index (χ4v) is 7.15. The zero-order valence-electron chi connectivity index (χ0n) is 26.9. The number of para-hydroxylation sites is 3. The van der Waals surface area contributed by atoms with Gasteiger partial charge in [-0.2, -0.15) is 0 Å². The minimum absolute atomic E-state index is 0.714. The molecule has 0 aliphatic heterocycles. The van der Waals surface area contributed by atoms with Crippen molar-refractivity contribution >= 4 is 46.7 Å². The van der Waals surface area contributed by atoms with Gasteiger partial charge >= 0.3 is 0 Å². The van der Waals surface area contributed by atoms with E-state index in [0.29, 0.717) is 6.54 Å². The molecule has 0 unspecified atom stereocenters. The molecule has 230 valence electrons.